The van der Waals surface area contributed by atoms with Gasteiger partial charge in [0.25, 0.3) is 0 Å². The van der Waals surface area contributed by atoms with E-state index in [-0.39, 0.29) is 24.5 Å². The first kappa shape index (κ1) is 13.6. The van der Waals surface area contributed by atoms with Crippen molar-refractivity contribution in [3.63, 3.8) is 0 Å². The zero-order valence-corrected chi connectivity index (χ0v) is 10.1. The molecule has 94 valence electrons. The Morgan fingerprint density at radius 3 is 2.38 bits per heavy atom. The van der Waals surface area contributed by atoms with Crippen LogP contribution in [-0.4, -0.2) is 11.7 Å². The van der Waals surface area contributed by atoms with Crippen LogP contribution in [0.5, 0.6) is 0 Å². The van der Waals surface area contributed by atoms with Crippen LogP contribution in [0.15, 0.2) is 0 Å². The van der Waals surface area contributed by atoms with Crippen molar-refractivity contribution in [3.05, 3.63) is 0 Å². The van der Waals surface area contributed by atoms with Gasteiger partial charge in [-0.05, 0) is 19.3 Å². The fraction of sp³-hybridized carbons (Fsp3) is 0.923. The number of carbonyl (C=O) groups excluding carboxylic acids is 1. The molecule has 1 fully saturated rings. The second-order valence-corrected chi connectivity index (χ2v) is 4.91. The minimum Gasteiger partial charge on any atom is -0.299 e. The summed E-state index contributed by atoms with van der Waals surface area (Å²) in [6, 6.07) is 0. The molecule has 1 nitrogen and oxygen atoms in total. The molecule has 0 aromatic heterocycles. The van der Waals surface area contributed by atoms with Gasteiger partial charge in [0.2, 0.25) is 5.92 Å². The van der Waals surface area contributed by atoms with Gasteiger partial charge >= 0.3 is 0 Å². The van der Waals surface area contributed by atoms with Crippen LogP contribution in [0.1, 0.15) is 64.7 Å². The molecule has 16 heavy (non-hydrogen) atoms. The lowest BCUT2D eigenvalue weighted by Gasteiger charge is -2.27. The topological polar surface area (TPSA) is 17.1 Å². The predicted molar refractivity (Wildman–Crippen MR) is 60.7 cm³/mol. The average molecular weight is 232 g/mol. The lowest BCUT2D eigenvalue weighted by atomic mass is 9.83. The van der Waals surface area contributed by atoms with Crippen LogP contribution in [0.4, 0.5) is 8.78 Å². The molecule has 0 radical (unpaired) electrons. The fourth-order valence-corrected chi connectivity index (χ4v) is 2.29. The molecule has 0 spiro atoms. The molecule has 0 bridgehead atoms. The van der Waals surface area contributed by atoms with Gasteiger partial charge in [-0.25, -0.2) is 8.78 Å². The van der Waals surface area contributed by atoms with Gasteiger partial charge in [-0.15, -0.1) is 0 Å². The van der Waals surface area contributed by atoms with E-state index in [2.05, 4.69) is 6.92 Å². The summed E-state index contributed by atoms with van der Waals surface area (Å²) in [5.74, 6) is -2.38. The summed E-state index contributed by atoms with van der Waals surface area (Å²) in [6.07, 6.45) is 5.51. The third-order valence-corrected chi connectivity index (χ3v) is 3.45. The summed E-state index contributed by atoms with van der Waals surface area (Å²) in [4.78, 5) is 11.7. The maximum atomic E-state index is 12.9. The van der Waals surface area contributed by atoms with Crippen molar-refractivity contribution in [2.24, 2.45) is 5.92 Å². The van der Waals surface area contributed by atoms with E-state index in [4.69, 9.17) is 0 Å². The largest absolute Gasteiger partial charge is 0.299 e. The number of carbonyl (C=O) groups is 1. The Morgan fingerprint density at radius 1 is 1.19 bits per heavy atom. The predicted octanol–water partition coefficient (Wildman–Crippen LogP) is 4.35. The summed E-state index contributed by atoms with van der Waals surface area (Å²) in [5, 5.41) is 0. The fourth-order valence-electron chi connectivity index (χ4n) is 2.29. The number of rotatable bonds is 6. The number of Topliss-reactive ketones (excluding diaryl/α,β-unsaturated/α-hetero) is 1. The van der Waals surface area contributed by atoms with Crippen LogP contribution >= 0.6 is 0 Å². The van der Waals surface area contributed by atoms with E-state index in [1.165, 1.54) is 0 Å². The van der Waals surface area contributed by atoms with Crippen molar-refractivity contribution in [2.45, 2.75) is 70.6 Å². The van der Waals surface area contributed by atoms with Crippen molar-refractivity contribution in [3.8, 4) is 0 Å². The quantitative estimate of drug-likeness (QED) is 0.622. The molecular formula is C13H22F2O. The van der Waals surface area contributed by atoms with Crippen LogP contribution in [0, 0.1) is 5.92 Å². The summed E-state index contributed by atoms with van der Waals surface area (Å²) in [6.45, 7) is 2.13. The Balaban J connectivity index is 2.18. The van der Waals surface area contributed by atoms with E-state index in [9.17, 15) is 13.6 Å². The van der Waals surface area contributed by atoms with Crippen LogP contribution in [0.3, 0.4) is 0 Å². The van der Waals surface area contributed by atoms with Crippen molar-refractivity contribution in [2.75, 3.05) is 0 Å². The monoisotopic (exact) mass is 232 g/mol. The molecule has 1 saturated carbocycles. The maximum Gasteiger partial charge on any atom is 0.248 e. The van der Waals surface area contributed by atoms with Gasteiger partial charge in [-0.1, -0.05) is 26.2 Å². The minimum atomic E-state index is -2.51. The Morgan fingerprint density at radius 2 is 1.81 bits per heavy atom. The number of hydrogen-bond donors (Lipinski definition) is 0. The molecule has 0 aromatic rings. The highest BCUT2D eigenvalue weighted by atomic mass is 19.3. The zero-order valence-electron chi connectivity index (χ0n) is 10.1. The molecule has 0 saturated heterocycles. The van der Waals surface area contributed by atoms with Gasteiger partial charge in [0.05, 0.1) is 0 Å². The van der Waals surface area contributed by atoms with Gasteiger partial charge in [0.15, 0.2) is 0 Å². The van der Waals surface area contributed by atoms with E-state index >= 15 is 0 Å². The SMILES string of the molecule is CCCCCCC(=O)C1CCC(F)(F)CC1. The first-order valence-corrected chi connectivity index (χ1v) is 6.46. The van der Waals surface area contributed by atoms with E-state index in [0.717, 1.165) is 25.7 Å². The average Bonchev–Trinajstić information content (AvgIpc) is 2.24. The van der Waals surface area contributed by atoms with Crippen LogP contribution in [0.25, 0.3) is 0 Å². The molecule has 3 heteroatoms. The van der Waals surface area contributed by atoms with E-state index in [0.29, 0.717) is 19.3 Å². The van der Waals surface area contributed by atoms with Gasteiger partial charge in [0, 0.05) is 25.2 Å². The molecule has 1 aliphatic rings. The Bertz CT molecular complexity index is 216. The lowest BCUT2D eigenvalue weighted by Crippen LogP contribution is -2.28. The molecule has 0 N–H and O–H groups in total. The lowest BCUT2D eigenvalue weighted by molar-refractivity contribution is -0.127. The summed E-state index contributed by atoms with van der Waals surface area (Å²) < 4.78 is 25.8. The Hall–Kier alpha value is -0.470. The second kappa shape index (κ2) is 6.31. The normalized spacial score (nSPS) is 20.9. The minimum absolute atomic E-state index is 0.0822. The van der Waals surface area contributed by atoms with Crippen LogP contribution in [0.2, 0.25) is 0 Å². The summed E-state index contributed by atoms with van der Waals surface area (Å²) >= 11 is 0. The van der Waals surface area contributed by atoms with Crippen LogP contribution < -0.4 is 0 Å². The molecule has 0 aliphatic heterocycles. The van der Waals surface area contributed by atoms with Crippen molar-refractivity contribution in [1.29, 1.82) is 0 Å². The summed E-state index contributed by atoms with van der Waals surface area (Å²) in [5.41, 5.74) is 0. The first-order chi connectivity index (χ1) is 7.55. The molecule has 0 unspecified atom stereocenters. The number of halogens is 2. The molecule has 1 aliphatic carbocycles. The summed E-state index contributed by atoms with van der Waals surface area (Å²) in [7, 11) is 0. The van der Waals surface area contributed by atoms with Crippen LogP contribution in [-0.2, 0) is 4.79 Å². The molecule has 0 amide bonds. The van der Waals surface area contributed by atoms with Gasteiger partial charge in [-0.2, -0.15) is 0 Å². The smallest absolute Gasteiger partial charge is 0.248 e. The zero-order chi connectivity index (χ0) is 12.0. The molecular weight excluding hydrogens is 210 g/mol. The van der Waals surface area contributed by atoms with Crippen molar-refractivity contribution in [1.82, 2.24) is 0 Å². The highest BCUT2D eigenvalue weighted by Gasteiger charge is 2.36. The standard InChI is InChI=1S/C13H22F2O/c1-2-3-4-5-6-12(16)11-7-9-13(14,15)10-8-11/h11H,2-10H2,1H3. The van der Waals surface area contributed by atoms with Gasteiger partial charge in [-0.3, -0.25) is 4.79 Å². The number of hydrogen-bond acceptors (Lipinski definition) is 1. The maximum absolute atomic E-state index is 12.9. The molecule has 1 rings (SSSR count). The van der Waals surface area contributed by atoms with E-state index in [1.807, 2.05) is 0 Å². The molecule has 0 heterocycles. The number of alkyl halides is 2. The van der Waals surface area contributed by atoms with E-state index in [1.54, 1.807) is 0 Å². The van der Waals surface area contributed by atoms with Gasteiger partial charge < -0.3 is 0 Å². The van der Waals surface area contributed by atoms with Crippen molar-refractivity contribution < 1.29 is 13.6 Å². The van der Waals surface area contributed by atoms with E-state index < -0.39 is 5.92 Å². The molecule has 0 aromatic carbocycles. The Labute approximate surface area is 96.6 Å². The molecule has 0 atom stereocenters. The highest BCUT2D eigenvalue weighted by molar-refractivity contribution is 5.81. The second-order valence-electron chi connectivity index (χ2n) is 4.91. The number of unbranched alkanes of at least 4 members (excludes halogenated alkanes) is 3. The van der Waals surface area contributed by atoms with Gasteiger partial charge in [0.1, 0.15) is 5.78 Å². The van der Waals surface area contributed by atoms with Crippen molar-refractivity contribution >= 4 is 5.78 Å². The number of ketones is 1. The third-order valence-electron chi connectivity index (χ3n) is 3.45. The Kier molecular flexibility index (Phi) is 5.36. The first-order valence-electron chi connectivity index (χ1n) is 6.46. The third kappa shape index (κ3) is 4.58. The highest BCUT2D eigenvalue weighted by Crippen LogP contribution is 2.36.